The second-order valence-electron chi connectivity index (χ2n) is 5.90. The molecule has 0 saturated heterocycles. The predicted octanol–water partition coefficient (Wildman–Crippen LogP) is 2.88. The molecule has 0 fully saturated rings. The number of amides is 1. The van der Waals surface area contributed by atoms with E-state index >= 15 is 0 Å². The number of nitrogens with zero attached hydrogens (tertiary/aromatic N) is 1. The van der Waals surface area contributed by atoms with E-state index in [0.717, 1.165) is 18.5 Å². The molecule has 106 valence electrons. The fourth-order valence-corrected chi connectivity index (χ4v) is 1.83. The predicted molar refractivity (Wildman–Crippen MR) is 79.2 cm³/mol. The zero-order valence-electron chi connectivity index (χ0n) is 12.6. The molecule has 0 radical (unpaired) electrons. The van der Waals surface area contributed by atoms with Crippen molar-refractivity contribution in [3.63, 3.8) is 0 Å². The maximum atomic E-state index is 12.2. The van der Waals surface area contributed by atoms with Crippen molar-refractivity contribution in [2.75, 3.05) is 5.73 Å². The Morgan fingerprint density at radius 3 is 2.37 bits per heavy atom. The monoisotopic (exact) mass is 263 g/mol. The molecule has 1 aromatic heterocycles. The topological polar surface area (TPSA) is 68.0 Å². The second kappa shape index (κ2) is 6.04. The average Bonchev–Trinajstić information content (AvgIpc) is 2.33. The van der Waals surface area contributed by atoms with Gasteiger partial charge in [0.25, 0.3) is 5.91 Å². The summed E-state index contributed by atoms with van der Waals surface area (Å²) in [4.78, 5) is 16.5. The Balaban J connectivity index is 3.01. The molecular formula is C15H25N3O. The molecule has 1 aromatic rings. The average molecular weight is 263 g/mol. The molecule has 0 aliphatic rings. The van der Waals surface area contributed by atoms with E-state index in [2.05, 4.69) is 44.9 Å². The van der Waals surface area contributed by atoms with Crippen molar-refractivity contribution in [1.29, 1.82) is 0 Å². The minimum Gasteiger partial charge on any atom is -0.384 e. The maximum absolute atomic E-state index is 12.2. The van der Waals surface area contributed by atoms with Crippen LogP contribution in [0.1, 0.15) is 63.5 Å². The highest BCUT2D eigenvalue weighted by Gasteiger charge is 2.19. The first-order valence-corrected chi connectivity index (χ1v) is 6.86. The largest absolute Gasteiger partial charge is 0.384 e. The number of carbonyl (C=O) groups excluding carboxylic acids is 1. The van der Waals surface area contributed by atoms with Gasteiger partial charge in [0.15, 0.2) is 0 Å². The second-order valence-corrected chi connectivity index (χ2v) is 5.90. The van der Waals surface area contributed by atoms with Crippen LogP contribution in [0.4, 0.5) is 5.82 Å². The van der Waals surface area contributed by atoms with Gasteiger partial charge in [-0.3, -0.25) is 4.79 Å². The molecule has 1 amide bonds. The van der Waals surface area contributed by atoms with E-state index in [1.807, 2.05) is 6.07 Å². The van der Waals surface area contributed by atoms with Gasteiger partial charge in [0.05, 0.1) is 0 Å². The molecule has 3 N–H and O–H groups in total. The van der Waals surface area contributed by atoms with Gasteiger partial charge in [-0.1, -0.05) is 34.6 Å². The molecule has 4 heteroatoms. The standard InChI is InChI=1S/C15H25N3O/c1-6-11(7-2)17-14(19)10-8-12(15(3,4)5)18-13(16)9-10/h8-9,11H,6-7H2,1-5H3,(H2,16,18)(H,17,19). The number of aromatic nitrogens is 1. The van der Waals surface area contributed by atoms with Crippen LogP contribution in [0.3, 0.4) is 0 Å². The number of anilines is 1. The number of hydrogen-bond acceptors (Lipinski definition) is 3. The Morgan fingerprint density at radius 1 is 1.32 bits per heavy atom. The third-order valence-corrected chi connectivity index (χ3v) is 3.20. The van der Waals surface area contributed by atoms with Gasteiger partial charge in [0.2, 0.25) is 0 Å². The van der Waals surface area contributed by atoms with Crippen LogP contribution >= 0.6 is 0 Å². The maximum Gasteiger partial charge on any atom is 0.251 e. The number of hydrogen-bond donors (Lipinski definition) is 2. The number of rotatable bonds is 4. The molecule has 0 aromatic carbocycles. The Labute approximate surface area is 115 Å². The highest BCUT2D eigenvalue weighted by Crippen LogP contribution is 2.22. The van der Waals surface area contributed by atoms with E-state index in [1.54, 1.807) is 6.07 Å². The third kappa shape index (κ3) is 4.23. The number of nitrogen functional groups attached to an aromatic ring is 1. The molecule has 0 saturated carbocycles. The van der Waals surface area contributed by atoms with Crippen LogP contribution in [-0.2, 0) is 5.41 Å². The van der Waals surface area contributed by atoms with Crippen LogP contribution in [-0.4, -0.2) is 16.9 Å². The molecule has 0 bridgehead atoms. The van der Waals surface area contributed by atoms with E-state index in [1.165, 1.54) is 0 Å². The molecule has 1 heterocycles. The molecule has 19 heavy (non-hydrogen) atoms. The zero-order valence-corrected chi connectivity index (χ0v) is 12.6. The lowest BCUT2D eigenvalue weighted by atomic mass is 9.90. The number of nitrogens with one attached hydrogen (secondary N) is 1. The van der Waals surface area contributed by atoms with Crippen LogP contribution in [0.5, 0.6) is 0 Å². The highest BCUT2D eigenvalue weighted by molar-refractivity contribution is 5.95. The van der Waals surface area contributed by atoms with E-state index < -0.39 is 0 Å². The molecule has 0 spiro atoms. The van der Waals surface area contributed by atoms with Gasteiger partial charge in [0, 0.05) is 22.7 Å². The summed E-state index contributed by atoms with van der Waals surface area (Å²) in [6.45, 7) is 10.3. The van der Waals surface area contributed by atoms with Crippen molar-refractivity contribution in [2.45, 2.75) is 58.9 Å². The molecule has 1 rings (SSSR count). The van der Waals surface area contributed by atoms with Gasteiger partial charge < -0.3 is 11.1 Å². The van der Waals surface area contributed by atoms with Gasteiger partial charge >= 0.3 is 0 Å². The summed E-state index contributed by atoms with van der Waals surface area (Å²) in [7, 11) is 0. The number of pyridine rings is 1. The summed E-state index contributed by atoms with van der Waals surface area (Å²) in [5, 5.41) is 3.02. The quantitative estimate of drug-likeness (QED) is 0.877. The summed E-state index contributed by atoms with van der Waals surface area (Å²) >= 11 is 0. The lowest BCUT2D eigenvalue weighted by molar-refractivity contribution is 0.0934. The summed E-state index contributed by atoms with van der Waals surface area (Å²) in [5.74, 6) is 0.315. The first-order valence-electron chi connectivity index (χ1n) is 6.86. The van der Waals surface area contributed by atoms with Gasteiger partial charge in [-0.05, 0) is 25.0 Å². The smallest absolute Gasteiger partial charge is 0.251 e. The van der Waals surface area contributed by atoms with E-state index in [0.29, 0.717) is 11.4 Å². The van der Waals surface area contributed by atoms with E-state index in [-0.39, 0.29) is 17.4 Å². The van der Waals surface area contributed by atoms with Crippen LogP contribution in [0.25, 0.3) is 0 Å². The van der Waals surface area contributed by atoms with Crippen molar-refractivity contribution >= 4 is 11.7 Å². The van der Waals surface area contributed by atoms with Crippen molar-refractivity contribution in [2.24, 2.45) is 0 Å². The Bertz CT molecular complexity index is 445. The summed E-state index contributed by atoms with van der Waals surface area (Å²) in [5.41, 5.74) is 7.10. The number of carbonyl (C=O) groups is 1. The number of nitrogens with two attached hydrogens (primary N) is 1. The molecular weight excluding hydrogens is 238 g/mol. The highest BCUT2D eigenvalue weighted by atomic mass is 16.1. The van der Waals surface area contributed by atoms with E-state index in [4.69, 9.17) is 5.73 Å². The molecule has 0 unspecified atom stereocenters. The van der Waals surface area contributed by atoms with Gasteiger partial charge in [0.1, 0.15) is 5.82 Å². The summed E-state index contributed by atoms with van der Waals surface area (Å²) in [6.07, 6.45) is 1.85. The Morgan fingerprint density at radius 2 is 1.89 bits per heavy atom. The van der Waals surface area contributed by atoms with Crippen molar-refractivity contribution in [1.82, 2.24) is 10.3 Å². The van der Waals surface area contributed by atoms with Gasteiger partial charge in [-0.2, -0.15) is 0 Å². The fourth-order valence-electron chi connectivity index (χ4n) is 1.83. The lowest BCUT2D eigenvalue weighted by Crippen LogP contribution is -2.34. The summed E-state index contributed by atoms with van der Waals surface area (Å²) < 4.78 is 0. The Hall–Kier alpha value is -1.58. The molecule has 0 atom stereocenters. The minimum absolute atomic E-state index is 0.0756. The third-order valence-electron chi connectivity index (χ3n) is 3.20. The Kier molecular flexibility index (Phi) is 4.92. The van der Waals surface area contributed by atoms with Gasteiger partial charge in [-0.25, -0.2) is 4.98 Å². The van der Waals surface area contributed by atoms with Crippen molar-refractivity contribution in [3.05, 3.63) is 23.4 Å². The van der Waals surface area contributed by atoms with Crippen LogP contribution < -0.4 is 11.1 Å². The lowest BCUT2D eigenvalue weighted by Gasteiger charge is -2.20. The van der Waals surface area contributed by atoms with Crippen LogP contribution in [0, 0.1) is 0 Å². The van der Waals surface area contributed by atoms with Crippen LogP contribution in [0.2, 0.25) is 0 Å². The minimum atomic E-state index is -0.126. The van der Waals surface area contributed by atoms with Crippen molar-refractivity contribution < 1.29 is 4.79 Å². The van der Waals surface area contributed by atoms with Gasteiger partial charge in [-0.15, -0.1) is 0 Å². The normalized spacial score (nSPS) is 11.7. The van der Waals surface area contributed by atoms with E-state index in [9.17, 15) is 4.79 Å². The first-order chi connectivity index (χ1) is 8.77. The van der Waals surface area contributed by atoms with Crippen molar-refractivity contribution in [3.8, 4) is 0 Å². The first kappa shape index (κ1) is 15.5. The molecule has 4 nitrogen and oxygen atoms in total. The SMILES string of the molecule is CCC(CC)NC(=O)c1cc(N)nc(C(C)(C)C)c1. The zero-order chi connectivity index (χ0) is 14.6. The van der Waals surface area contributed by atoms with Crippen LogP contribution in [0.15, 0.2) is 12.1 Å². The molecule has 0 aliphatic heterocycles. The molecule has 0 aliphatic carbocycles. The summed E-state index contributed by atoms with van der Waals surface area (Å²) in [6, 6.07) is 3.67. The fraction of sp³-hybridized carbons (Fsp3) is 0.600.